The van der Waals surface area contributed by atoms with Crippen LogP contribution in [0.15, 0.2) is 23.0 Å². The number of ether oxygens (including phenoxy) is 1. The van der Waals surface area contributed by atoms with Gasteiger partial charge in [0.15, 0.2) is 0 Å². The molecule has 0 aliphatic carbocycles. The number of halogens is 2. The van der Waals surface area contributed by atoms with Crippen LogP contribution in [0.1, 0.15) is 30.4 Å². The van der Waals surface area contributed by atoms with Crippen LogP contribution in [0, 0.1) is 18.6 Å². The smallest absolute Gasteiger partial charge is 0.352 e. The number of likely N-dealkylation sites (tertiary alicyclic amines) is 1. The highest BCUT2D eigenvalue weighted by atomic mass is 19.1. The standard InChI is InChI=1S/C21H24F2N4O3/c1-14-16(22)9-15(10-17(14)23)13-30-18-11-19-26(7-4-8-27(19)21(29)24-18)12-20(28)25-5-2-3-6-25/h9-11H,2-8,12-13H2,1H3. The Bertz CT molecular complexity index is 995. The second-order valence-corrected chi connectivity index (χ2v) is 7.72. The van der Waals surface area contributed by atoms with Crippen molar-refractivity contribution < 1.29 is 18.3 Å². The maximum absolute atomic E-state index is 13.7. The average molecular weight is 418 g/mol. The largest absolute Gasteiger partial charge is 0.473 e. The number of anilines is 1. The van der Waals surface area contributed by atoms with Gasteiger partial charge in [-0.15, -0.1) is 0 Å². The van der Waals surface area contributed by atoms with Gasteiger partial charge >= 0.3 is 5.69 Å². The van der Waals surface area contributed by atoms with Crippen molar-refractivity contribution in [2.75, 3.05) is 31.1 Å². The first-order chi connectivity index (χ1) is 14.4. The van der Waals surface area contributed by atoms with Crippen LogP contribution >= 0.6 is 0 Å². The Labute approximate surface area is 172 Å². The van der Waals surface area contributed by atoms with E-state index in [4.69, 9.17) is 4.74 Å². The Balaban J connectivity index is 1.52. The zero-order chi connectivity index (χ0) is 21.3. The van der Waals surface area contributed by atoms with Crippen LogP contribution in [0.25, 0.3) is 0 Å². The lowest BCUT2D eigenvalue weighted by atomic mass is 10.1. The van der Waals surface area contributed by atoms with Crippen molar-refractivity contribution in [3.05, 3.63) is 51.4 Å². The van der Waals surface area contributed by atoms with Gasteiger partial charge in [0.25, 0.3) is 0 Å². The van der Waals surface area contributed by atoms with E-state index in [1.165, 1.54) is 23.6 Å². The van der Waals surface area contributed by atoms with Crippen molar-refractivity contribution in [2.24, 2.45) is 0 Å². The number of nitrogens with zero attached hydrogens (tertiary/aromatic N) is 4. The van der Waals surface area contributed by atoms with Crippen molar-refractivity contribution in [3.8, 4) is 5.88 Å². The molecule has 1 amide bonds. The van der Waals surface area contributed by atoms with Gasteiger partial charge in [0.05, 0.1) is 6.54 Å². The summed E-state index contributed by atoms with van der Waals surface area (Å²) in [6.45, 7) is 4.14. The molecule has 1 fully saturated rings. The Kier molecular flexibility index (Phi) is 5.69. The summed E-state index contributed by atoms with van der Waals surface area (Å²) in [7, 11) is 0. The number of hydrogen-bond acceptors (Lipinski definition) is 5. The van der Waals surface area contributed by atoms with Crippen LogP contribution in [-0.4, -0.2) is 46.5 Å². The van der Waals surface area contributed by atoms with Crippen LogP contribution in [0.4, 0.5) is 14.6 Å². The summed E-state index contributed by atoms with van der Waals surface area (Å²) in [5, 5.41) is 0. The fourth-order valence-electron chi connectivity index (χ4n) is 3.88. The maximum Gasteiger partial charge on any atom is 0.352 e. The minimum Gasteiger partial charge on any atom is -0.473 e. The summed E-state index contributed by atoms with van der Waals surface area (Å²) in [6.07, 6.45) is 2.78. The lowest BCUT2D eigenvalue weighted by molar-refractivity contribution is -0.128. The highest BCUT2D eigenvalue weighted by molar-refractivity contribution is 5.81. The van der Waals surface area contributed by atoms with Crippen molar-refractivity contribution in [1.82, 2.24) is 14.5 Å². The maximum atomic E-state index is 13.7. The zero-order valence-corrected chi connectivity index (χ0v) is 16.9. The molecule has 1 saturated heterocycles. The predicted molar refractivity (Wildman–Crippen MR) is 107 cm³/mol. The number of carbonyl (C=O) groups excluding carboxylic acids is 1. The molecule has 0 spiro atoms. The van der Waals surface area contributed by atoms with Crippen LogP contribution < -0.4 is 15.3 Å². The molecule has 0 atom stereocenters. The number of amides is 1. The van der Waals surface area contributed by atoms with E-state index in [1.807, 2.05) is 9.80 Å². The number of fused-ring (bicyclic) bond motifs is 1. The van der Waals surface area contributed by atoms with Gasteiger partial charge in [-0.2, -0.15) is 4.98 Å². The number of hydrogen-bond donors (Lipinski definition) is 0. The molecule has 0 bridgehead atoms. The molecule has 1 aromatic heterocycles. The second kappa shape index (κ2) is 8.41. The fraction of sp³-hybridized carbons (Fsp3) is 0.476. The fourth-order valence-corrected chi connectivity index (χ4v) is 3.88. The topological polar surface area (TPSA) is 67.7 Å². The second-order valence-electron chi connectivity index (χ2n) is 7.72. The number of aromatic nitrogens is 2. The number of carbonyl (C=O) groups is 1. The van der Waals surface area contributed by atoms with Crippen molar-refractivity contribution in [1.29, 1.82) is 0 Å². The van der Waals surface area contributed by atoms with Gasteiger partial charge < -0.3 is 14.5 Å². The minimum absolute atomic E-state index is 0.0401. The molecule has 0 unspecified atom stereocenters. The van der Waals surface area contributed by atoms with Gasteiger partial charge in [-0.3, -0.25) is 9.36 Å². The molecule has 9 heteroatoms. The molecule has 160 valence electrons. The third-order valence-corrected chi connectivity index (χ3v) is 5.61. The highest BCUT2D eigenvalue weighted by Crippen LogP contribution is 2.23. The van der Waals surface area contributed by atoms with E-state index in [0.29, 0.717) is 24.5 Å². The Morgan fingerprint density at radius 3 is 2.47 bits per heavy atom. The molecule has 3 heterocycles. The molecule has 2 aromatic rings. The Morgan fingerprint density at radius 2 is 1.77 bits per heavy atom. The lowest BCUT2D eigenvalue weighted by Crippen LogP contribution is -2.44. The lowest BCUT2D eigenvalue weighted by Gasteiger charge is -2.32. The van der Waals surface area contributed by atoms with Gasteiger partial charge in [0.2, 0.25) is 11.8 Å². The van der Waals surface area contributed by atoms with E-state index in [0.717, 1.165) is 32.4 Å². The molecule has 4 rings (SSSR count). The van der Waals surface area contributed by atoms with Gasteiger partial charge in [-0.05, 0) is 43.9 Å². The summed E-state index contributed by atoms with van der Waals surface area (Å²) in [5.41, 5.74) is -0.222. The molecule has 0 saturated carbocycles. The normalized spacial score (nSPS) is 16.0. The van der Waals surface area contributed by atoms with E-state index in [1.54, 1.807) is 6.07 Å². The zero-order valence-electron chi connectivity index (χ0n) is 16.9. The summed E-state index contributed by atoms with van der Waals surface area (Å²) >= 11 is 0. The summed E-state index contributed by atoms with van der Waals surface area (Å²) in [4.78, 5) is 32.7. The quantitative estimate of drug-likeness (QED) is 0.745. The van der Waals surface area contributed by atoms with Crippen molar-refractivity contribution >= 4 is 11.7 Å². The van der Waals surface area contributed by atoms with E-state index in [-0.39, 0.29) is 30.5 Å². The predicted octanol–water partition coefficient (Wildman–Crippen LogP) is 2.24. The molecule has 2 aliphatic heterocycles. The van der Waals surface area contributed by atoms with E-state index < -0.39 is 17.3 Å². The third-order valence-electron chi connectivity index (χ3n) is 5.61. The molecule has 2 aliphatic rings. The molecular formula is C21H24F2N4O3. The number of benzene rings is 1. The Morgan fingerprint density at radius 1 is 1.07 bits per heavy atom. The van der Waals surface area contributed by atoms with Crippen LogP contribution in [-0.2, 0) is 17.9 Å². The molecular weight excluding hydrogens is 394 g/mol. The first-order valence-corrected chi connectivity index (χ1v) is 10.1. The van der Waals surface area contributed by atoms with Gasteiger partial charge in [-0.25, -0.2) is 13.6 Å². The number of rotatable bonds is 5. The average Bonchev–Trinajstić information content (AvgIpc) is 3.26. The molecule has 7 nitrogen and oxygen atoms in total. The minimum atomic E-state index is -0.654. The SMILES string of the molecule is Cc1c(F)cc(COc2cc3n(c(=O)n2)CCCN3CC(=O)N2CCCC2)cc1F. The van der Waals surface area contributed by atoms with Gasteiger partial charge in [0, 0.05) is 37.8 Å². The van der Waals surface area contributed by atoms with E-state index >= 15 is 0 Å². The summed E-state index contributed by atoms with van der Waals surface area (Å²) < 4.78 is 34.6. The van der Waals surface area contributed by atoms with Gasteiger partial charge in [-0.1, -0.05) is 0 Å². The third kappa shape index (κ3) is 4.15. The van der Waals surface area contributed by atoms with E-state index in [2.05, 4.69) is 4.98 Å². The highest BCUT2D eigenvalue weighted by Gasteiger charge is 2.25. The molecule has 30 heavy (non-hydrogen) atoms. The van der Waals surface area contributed by atoms with Crippen LogP contribution in [0.5, 0.6) is 5.88 Å². The first kappa shape index (κ1) is 20.3. The van der Waals surface area contributed by atoms with Gasteiger partial charge in [0.1, 0.15) is 24.1 Å². The monoisotopic (exact) mass is 418 g/mol. The van der Waals surface area contributed by atoms with Crippen molar-refractivity contribution in [3.63, 3.8) is 0 Å². The van der Waals surface area contributed by atoms with Crippen molar-refractivity contribution in [2.45, 2.75) is 39.3 Å². The molecule has 0 radical (unpaired) electrons. The summed E-state index contributed by atoms with van der Waals surface area (Å²) in [5.74, 6) is -0.631. The van der Waals surface area contributed by atoms with Crippen LogP contribution in [0.2, 0.25) is 0 Å². The Hall–Kier alpha value is -2.97. The molecule has 0 N–H and O–H groups in total. The first-order valence-electron chi connectivity index (χ1n) is 10.1. The van der Waals surface area contributed by atoms with Crippen LogP contribution in [0.3, 0.4) is 0 Å². The van der Waals surface area contributed by atoms with E-state index in [9.17, 15) is 18.4 Å². The molecule has 1 aromatic carbocycles. The summed E-state index contributed by atoms with van der Waals surface area (Å²) in [6, 6.07) is 4.01.